The third-order valence-corrected chi connectivity index (χ3v) is 5.63. The van der Waals surface area contributed by atoms with Crippen LogP contribution in [0.2, 0.25) is 0 Å². The number of carbonyl (C=O) groups is 2. The van der Waals surface area contributed by atoms with Crippen LogP contribution in [0.1, 0.15) is 57.0 Å². The van der Waals surface area contributed by atoms with Crippen LogP contribution in [-0.2, 0) is 16.1 Å². The van der Waals surface area contributed by atoms with Crippen LogP contribution in [0.5, 0.6) is 0 Å². The number of likely N-dealkylation sites (tertiary alicyclic amines) is 1. The molecule has 0 bridgehead atoms. The lowest BCUT2D eigenvalue weighted by atomic mass is 10.0. The smallest absolute Gasteiger partial charge is 0.410 e. The number of hydrogen-bond donors (Lipinski definition) is 0. The van der Waals surface area contributed by atoms with Gasteiger partial charge in [0.1, 0.15) is 11.6 Å². The van der Waals surface area contributed by atoms with Crippen molar-refractivity contribution in [1.29, 1.82) is 0 Å². The molecule has 1 aromatic heterocycles. The summed E-state index contributed by atoms with van der Waals surface area (Å²) < 4.78 is 7.46. The van der Waals surface area contributed by atoms with E-state index in [2.05, 4.69) is 5.10 Å². The number of benzene rings is 1. The molecule has 3 rings (SSSR count). The van der Waals surface area contributed by atoms with Crippen molar-refractivity contribution in [3.8, 4) is 5.69 Å². The lowest BCUT2D eigenvalue weighted by molar-refractivity contribution is -0.137. The lowest BCUT2D eigenvalue weighted by Crippen LogP contribution is -2.53. The number of nitrogens with zero attached hydrogens (tertiary/aromatic N) is 4. The van der Waals surface area contributed by atoms with Gasteiger partial charge < -0.3 is 9.64 Å². The third-order valence-electron chi connectivity index (χ3n) is 5.63. The average Bonchev–Trinajstić information content (AvgIpc) is 3.00. The topological polar surface area (TPSA) is 67.7 Å². The van der Waals surface area contributed by atoms with E-state index >= 15 is 0 Å². The Morgan fingerprint density at radius 3 is 2.48 bits per heavy atom. The Kier molecular flexibility index (Phi) is 6.72. The first-order valence-corrected chi connectivity index (χ1v) is 10.9. The Morgan fingerprint density at radius 1 is 1.16 bits per heavy atom. The number of hydrogen-bond acceptors (Lipinski definition) is 4. The van der Waals surface area contributed by atoms with E-state index in [0.29, 0.717) is 19.5 Å². The first kappa shape index (κ1) is 22.8. The molecule has 1 atom stereocenters. The Bertz CT molecular complexity index is 930. The number of aryl methyl sites for hydroxylation is 1. The van der Waals surface area contributed by atoms with Gasteiger partial charge in [-0.15, -0.1) is 0 Å². The van der Waals surface area contributed by atoms with Gasteiger partial charge in [0.25, 0.3) is 0 Å². The summed E-state index contributed by atoms with van der Waals surface area (Å²) in [6, 6.07) is 9.48. The molecule has 2 heterocycles. The Morgan fingerprint density at radius 2 is 1.84 bits per heavy atom. The number of aromatic nitrogens is 2. The molecule has 7 heteroatoms. The largest absolute Gasteiger partial charge is 0.444 e. The first-order valence-electron chi connectivity index (χ1n) is 10.9. The molecule has 7 nitrogen and oxygen atoms in total. The van der Waals surface area contributed by atoms with E-state index < -0.39 is 17.7 Å². The van der Waals surface area contributed by atoms with Crippen LogP contribution < -0.4 is 0 Å². The standard InChI is InChI=1S/C24H34N4O3/c1-17-20(18(2)28(25-17)19-12-8-7-9-13-19)16-26(6)22(29)21-14-10-11-15-27(21)23(30)31-24(3,4)5/h7-9,12-13,21H,10-11,14-16H2,1-6H3/t21-/m1/s1. The number of likely N-dealkylation sites (N-methyl/N-ethyl adjacent to an activating group) is 1. The van der Waals surface area contributed by atoms with Crippen molar-refractivity contribution in [3.63, 3.8) is 0 Å². The van der Waals surface area contributed by atoms with E-state index in [0.717, 1.165) is 35.5 Å². The van der Waals surface area contributed by atoms with Crippen molar-refractivity contribution in [2.75, 3.05) is 13.6 Å². The van der Waals surface area contributed by atoms with Gasteiger partial charge in [-0.1, -0.05) is 18.2 Å². The van der Waals surface area contributed by atoms with Crippen LogP contribution in [-0.4, -0.2) is 56.8 Å². The summed E-state index contributed by atoms with van der Waals surface area (Å²) >= 11 is 0. The second-order valence-electron chi connectivity index (χ2n) is 9.28. The van der Waals surface area contributed by atoms with Gasteiger partial charge in [-0.2, -0.15) is 5.10 Å². The van der Waals surface area contributed by atoms with Crippen molar-refractivity contribution in [2.45, 2.75) is 72.1 Å². The third kappa shape index (κ3) is 5.27. The van der Waals surface area contributed by atoms with Gasteiger partial charge in [0.05, 0.1) is 11.4 Å². The second-order valence-corrected chi connectivity index (χ2v) is 9.28. The molecule has 168 valence electrons. The maximum absolute atomic E-state index is 13.3. The Labute approximate surface area is 185 Å². The highest BCUT2D eigenvalue weighted by Crippen LogP contribution is 2.24. The van der Waals surface area contributed by atoms with Gasteiger partial charge >= 0.3 is 6.09 Å². The van der Waals surface area contributed by atoms with E-state index in [-0.39, 0.29) is 5.91 Å². The predicted octanol–water partition coefficient (Wildman–Crippen LogP) is 4.24. The minimum atomic E-state index is -0.589. The molecular weight excluding hydrogens is 392 g/mol. The fourth-order valence-corrected chi connectivity index (χ4v) is 4.02. The molecule has 0 aliphatic carbocycles. The molecule has 0 spiro atoms. The fraction of sp³-hybridized carbons (Fsp3) is 0.542. The van der Waals surface area contributed by atoms with Crippen LogP contribution >= 0.6 is 0 Å². The van der Waals surface area contributed by atoms with E-state index in [9.17, 15) is 9.59 Å². The van der Waals surface area contributed by atoms with Crippen LogP contribution in [0.3, 0.4) is 0 Å². The van der Waals surface area contributed by atoms with Crippen molar-refractivity contribution in [3.05, 3.63) is 47.3 Å². The van der Waals surface area contributed by atoms with Gasteiger partial charge in [0.15, 0.2) is 0 Å². The molecular formula is C24H34N4O3. The second kappa shape index (κ2) is 9.12. The quantitative estimate of drug-likeness (QED) is 0.733. The molecule has 0 unspecified atom stereocenters. The molecule has 1 aliphatic rings. The van der Waals surface area contributed by atoms with E-state index in [1.165, 1.54) is 0 Å². The number of amides is 2. The molecule has 0 N–H and O–H groups in total. The summed E-state index contributed by atoms with van der Waals surface area (Å²) in [5.74, 6) is -0.0585. The monoisotopic (exact) mass is 426 g/mol. The molecule has 31 heavy (non-hydrogen) atoms. The summed E-state index contributed by atoms with van der Waals surface area (Å²) in [6.07, 6.45) is 2.05. The van der Waals surface area contributed by atoms with Crippen molar-refractivity contribution >= 4 is 12.0 Å². The van der Waals surface area contributed by atoms with Gasteiger partial charge in [-0.25, -0.2) is 9.48 Å². The molecule has 1 saturated heterocycles. The highest BCUT2D eigenvalue weighted by atomic mass is 16.6. The maximum Gasteiger partial charge on any atom is 0.410 e. The van der Waals surface area contributed by atoms with Crippen LogP contribution in [0.15, 0.2) is 30.3 Å². The zero-order valence-electron chi connectivity index (χ0n) is 19.5. The average molecular weight is 427 g/mol. The highest BCUT2D eigenvalue weighted by Gasteiger charge is 2.36. The number of para-hydroxylation sites is 1. The predicted molar refractivity (Wildman–Crippen MR) is 120 cm³/mol. The van der Waals surface area contributed by atoms with Gasteiger partial charge in [-0.3, -0.25) is 9.69 Å². The lowest BCUT2D eigenvalue weighted by Gasteiger charge is -2.37. The van der Waals surface area contributed by atoms with E-state index in [4.69, 9.17) is 4.74 Å². The normalized spacial score (nSPS) is 16.8. The fourth-order valence-electron chi connectivity index (χ4n) is 4.02. The van der Waals surface area contributed by atoms with Gasteiger partial charge in [-0.05, 0) is 66.0 Å². The minimum absolute atomic E-state index is 0.0585. The van der Waals surface area contributed by atoms with Crippen molar-refractivity contribution in [2.24, 2.45) is 0 Å². The van der Waals surface area contributed by atoms with Crippen LogP contribution in [0.25, 0.3) is 5.69 Å². The van der Waals surface area contributed by atoms with E-state index in [1.54, 1.807) is 16.8 Å². The summed E-state index contributed by atoms with van der Waals surface area (Å²) in [6.45, 7) is 10.5. The molecule has 2 amide bonds. The number of ether oxygens (including phenoxy) is 1. The van der Waals surface area contributed by atoms with Gasteiger partial charge in [0, 0.05) is 31.4 Å². The number of piperidine rings is 1. The van der Waals surface area contributed by atoms with Crippen molar-refractivity contribution in [1.82, 2.24) is 19.6 Å². The molecule has 0 radical (unpaired) electrons. The summed E-state index contributed by atoms with van der Waals surface area (Å²) in [4.78, 5) is 29.3. The molecule has 0 saturated carbocycles. The Balaban J connectivity index is 1.77. The number of carbonyl (C=O) groups excluding carboxylic acids is 2. The zero-order valence-corrected chi connectivity index (χ0v) is 19.5. The first-order chi connectivity index (χ1) is 14.6. The zero-order chi connectivity index (χ0) is 22.8. The van der Waals surface area contributed by atoms with Crippen molar-refractivity contribution < 1.29 is 14.3 Å². The molecule has 1 fully saturated rings. The highest BCUT2D eigenvalue weighted by molar-refractivity contribution is 5.86. The van der Waals surface area contributed by atoms with Crippen LogP contribution in [0.4, 0.5) is 4.79 Å². The van der Waals surface area contributed by atoms with Gasteiger partial charge in [0.2, 0.25) is 5.91 Å². The molecule has 1 aliphatic heterocycles. The van der Waals surface area contributed by atoms with Crippen LogP contribution in [0, 0.1) is 13.8 Å². The minimum Gasteiger partial charge on any atom is -0.444 e. The number of rotatable bonds is 4. The summed E-state index contributed by atoms with van der Waals surface area (Å²) in [5.41, 5.74) is 3.34. The summed E-state index contributed by atoms with van der Waals surface area (Å²) in [5, 5.41) is 4.68. The summed E-state index contributed by atoms with van der Waals surface area (Å²) in [7, 11) is 1.79. The SMILES string of the molecule is Cc1nn(-c2ccccc2)c(C)c1CN(C)C(=O)[C@H]1CCCCN1C(=O)OC(C)(C)C. The Hall–Kier alpha value is -2.83. The molecule has 2 aromatic rings. The van der Waals surface area contributed by atoms with E-state index in [1.807, 2.05) is 69.6 Å². The maximum atomic E-state index is 13.3. The molecule has 1 aromatic carbocycles.